The van der Waals surface area contributed by atoms with Gasteiger partial charge in [0, 0.05) is 0 Å². The number of nitrogens with one attached hydrogen (secondary N) is 1. The number of hydrazone groups is 1. The van der Waals surface area contributed by atoms with Crippen LogP contribution >= 0.6 is 11.3 Å². The fourth-order valence-corrected chi connectivity index (χ4v) is 3.35. The lowest BCUT2D eigenvalue weighted by molar-refractivity contribution is 0.598. The molecule has 3 aromatic rings. The molecule has 0 amide bonds. The molecule has 0 atom stereocenters. The van der Waals surface area contributed by atoms with Crippen molar-refractivity contribution < 1.29 is 8.42 Å². The molecule has 0 radical (unpaired) electrons. The van der Waals surface area contributed by atoms with Crippen LogP contribution in [0.5, 0.6) is 0 Å². The van der Waals surface area contributed by atoms with E-state index >= 15 is 0 Å². The Labute approximate surface area is 142 Å². The normalized spacial score (nSPS) is 12.1. The van der Waals surface area contributed by atoms with Gasteiger partial charge in [-0.05, 0) is 36.4 Å². The summed E-state index contributed by atoms with van der Waals surface area (Å²) in [6.07, 6.45) is 0. The predicted molar refractivity (Wildman–Crippen MR) is 93.2 cm³/mol. The molecule has 1 heterocycles. The van der Waals surface area contributed by atoms with Crippen LogP contribution < -0.4 is 10.6 Å². The van der Waals surface area contributed by atoms with Crippen molar-refractivity contribution in [1.29, 1.82) is 5.26 Å². The van der Waals surface area contributed by atoms with Gasteiger partial charge in [-0.15, -0.1) is 11.3 Å². The number of fused-ring (bicyclic) bond motifs is 1. The maximum atomic E-state index is 11.2. The Kier molecular flexibility index (Phi) is 4.26. The maximum absolute atomic E-state index is 11.2. The highest BCUT2D eigenvalue weighted by Crippen LogP contribution is 2.22. The first-order valence-electron chi connectivity index (χ1n) is 6.70. The first-order valence-corrected chi connectivity index (χ1v) is 9.06. The molecule has 0 unspecified atom stereocenters. The molecule has 24 heavy (non-hydrogen) atoms. The molecule has 3 N–H and O–H groups in total. The first-order chi connectivity index (χ1) is 11.5. The summed E-state index contributed by atoms with van der Waals surface area (Å²) in [5.74, 6) is 0. The van der Waals surface area contributed by atoms with Gasteiger partial charge >= 0.3 is 0 Å². The van der Waals surface area contributed by atoms with Gasteiger partial charge in [0.1, 0.15) is 6.07 Å². The molecule has 0 aliphatic heterocycles. The van der Waals surface area contributed by atoms with Crippen molar-refractivity contribution in [3.63, 3.8) is 0 Å². The van der Waals surface area contributed by atoms with E-state index in [1.807, 2.05) is 30.3 Å². The molecule has 0 aliphatic rings. The van der Waals surface area contributed by atoms with E-state index in [9.17, 15) is 13.7 Å². The average Bonchev–Trinajstić information content (AvgIpc) is 2.99. The van der Waals surface area contributed by atoms with E-state index in [2.05, 4.69) is 15.5 Å². The Bertz CT molecular complexity index is 1030. The zero-order valence-electron chi connectivity index (χ0n) is 12.2. The van der Waals surface area contributed by atoms with E-state index in [1.54, 1.807) is 0 Å². The van der Waals surface area contributed by atoms with Crippen LogP contribution in [-0.2, 0) is 10.0 Å². The van der Waals surface area contributed by atoms with Crippen LogP contribution in [0.1, 0.15) is 5.01 Å². The van der Waals surface area contributed by atoms with E-state index in [0.29, 0.717) is 10.7 Å². The van der Waals surface area contributed by atoms with E-state index in [1.165, 1.54) is 35.6 Å². The molecule has 7 nitrogen and oxygen atoms in total. The smallest absolute Gasteiger partial charge is 0.238 e. The molecule has 9 heteroatoms. The number of hydrogen-bond acceptors (Lipinski definition) is 7. The maximum Gasteiger partial charge on any atom is 0.238 e. The quantitative estimate of drug-likeness (QED) is 0.548. The van der Waals surface area contributed by atoms with Crippen molar-refractivity contribution in [3.8, 4) is 6.07 Å². The van der Waals surface area contributed by atoms with Crippen LogP contribution in [0.3, 0.4) is 0 Å². The lowest BCUT2D eigenvalue weighted by Gasteiger charge is -2.02. The zero-order valence-corrected chi connectivity index (χ0v) is 13.8. The van der Waals surface area contributed by atoms with Crippen molar-refractivity contribution >= 4 is 43.0 Å². The highest BCUT2D eigenvalue weighted by Gasteiger charge is 2.10. The second kappa shape index (κ2) is 6.37. The third kappa shape index (κ3) is 3.41. The third-order valence-corrected chi connectivity index (χ3v) is 5.05. The highest BCUT2D eigenvalue weighted by atomic mass is 32.2. The molecule has 0 aliphatic carbocycles. The number of sulfonamides is 1. The summed E-state index contributed by atoms with van der Waals surface area (Å²) in [6, 6.07) is 15.3. The van der Waals surface area contributed by atoms with Crippen molar-refractivity contribution in [2.24, 2.45) is 10.2 Å². The Morgan fingerprint density at radius 3 is 2.54 bits per heavy atom. The van der Waals surface area contributed by atoms with Crippen LogP contribution in [0.4, 0.5) is 5.69 Å². The largest absolute Gasteiger partial charge is 0.277 e. The zero-order chi connectivity index (χ0) is 17.2. The number of para-hydroxylation sites is 1. The third-order valence-electron chi connectivity index (χ3n) is 3.08. The fourth-order valence-electron chi connectivity index (χ4n) is 1.93. The van der Waals surface area contributed by atoms with Gasteiger partial charge in [0.05, 0.1) is 20.8 Å². The van der Waals surface area contributed by atoms with Gasteiger partial charge in [-0.1, -0.05) is 12.1 Å². The summed E-state index contributed by atoms with van der Waals surface area (Å²) in [7, 11) is -3.74. The predicted octanol–water partition coefficient (Wildman–Crippen LogP) is 2.28. The van der Waals surface area contributed by atoms with Crippen molar-refractivity contribution in [2.75, 3.05) is 5.43 Å². The van der Waals surface area contributed by atoms with Gasteiger partial charge in [-0.2, -0.15) is 10.4 Å². The van der Waals surface area contributed by atoms with Crippen LogP contribution in [-0.4, -0.2) is 19.1 Å². The summed E-state index contributed by atoms with van der Waals surface area (Å²) >= 11 is 1.37. The SMILES string of the molecule is N#CC(=NNc1ccc(S(N)(=O)=O)cc1)c1nc2ccccc2s1. The minimum absolute atomic E-state index is 0.00343. The van der Waals surface area contributed by atoms with Crippen LogP contribution in [0.2, 0.25) is 0 Å². The minimum Gasteiger partial charge on any atom is -0.277 e. The standard InChI is InChI=1S/C15H11N5O2S2/c16-9-13(15-18-12-3-1-2-4-14(12)23-15)20-19-10-5-7-11(8-6-10)24(17,21)22/h1-8,19H,(H2,17,21,22). The molecule has 3 rings (SSSR count). The number of hydrogen-bond donors (Lipinski definition) is 2. The number of nitrogens with zero attached hydrogens (tertiary/aromatic N) is 3. The lowest BCUT2D eigenvalue weighted by atomic mass is 10.3. The van der Waals surface area contributed by atoms with Gasteiger partial charge in [-0.25, -0.2) is 18.5 Å². The lowest BCUT2D eigenvalue weighted by Crippen LogP contribution is -2.11. The number of rotatable bonds is 4. The summed E-state index contributed by atoms with van der Waals surface area (Å²) in [4.78, 5) is 4.38. The molecule has 0 saturated carbocycles. The van der Waals surface area contributed by atoms with Gasteiger partial charge in [0.2, 0.25) is 10.0 Å². The molecule has 1 aromatic heterocycles. The summed E-state index contributed by atoms with van der Waals surface area (Å²) in [6.45, 7) is 0. The van der Waals surface area contributed by atoms with E-state index < -0.39 is 10.0 Å². The Morgan fingerprint density at radius 2 is 1.92 bits per heavy atom. The molecule has 2 aromatic carbocycles. The van der Waals surface area contributed by atoms with E-state index in [-0.39, 0.29) is 10.6 Å². The van der Waals surface area contributed by atoms with Gasteiger partial charge in [-0.3, -0.25) is 5.43 Å². The van der Waals surface area contributed by atoms with Crippen LogP contribution in [0.15, 0.2) is 58.5 Å². The van der Waals surface area contributed by atoms with E-state index in [0.717, 1.165) is 10.2 Å². The molecule has 0 saturated heterocycles. The topological polar surface area (TPSA) is 121 Å². The summed E-state index contributed by atoms with van der Waals surface area (Å²) in [5.41, 5.74) is 4.19. The average molecular weight is 357 g/mol. The number of benzene rings is 2. The second-order valence-electron chi connectivity index (χ2n) is 4.74. The van der Waals surface area contributed by atoms with Crippen molar-refractivity contribution in [3.05, 3.63) is 53.5 Å². The van der Waals surface area contributed by atoms with Crippen LogP contribution in [0, 0.1) is 11.3 Å². The van der Waals surface area contributed by atoms with Gasteiger partial charge in [0.15, 0.2) is 10.7 Å². The van der Waals surface area contributed by atoms with Gasteiger partial charge in [0.25, 0.3) is 0 Å². The summed E-state index contributed by atoms with van der Waals surface area (Å²) in [5, 5.41) is 18.9. The number of anilines is 1. The molecule has 0 spiro atoms. The Hall–Kier alpha value is -2.80. The summed E-state index contributed by atoms with van der Waals surface area (Å²) < 4.78 is 23.4. The Balaban J connectivity index is 1.85. The Morgan fingerprint density at radius 1 is 1.21 bits per heavy atom. The number of nitrogens with two attached hydrogens (primary N) is 1. The number of aromatic nitrogens is 1. The molecular formula is C15H11N5O2S2. The molecule has 120 valence electrons. The minimum atomic E-state index is -3.74. The first kappa shape index (κ1) is 16.1. The molecule has 0 fully saturated rings. The van der Waals surface area contributed by atoms with Gasteiger partial charge < -0.3 is 0 Å². The van der Waals surface area contributed by atoms with Crippen molar-refractivity contribution in [1.82, 2.24) is 4.98 Å². The van der Waals surface area contributed by atoms with Crippen LogP contribution in [0.25, 0.3) is 10.2 Å². The van der Waals surface area contributed by atoms with E-state index in [4.69, 9.17) is 5.14 Å². The monoisotopic (exact) mass is 357 g/mol. The molecular weight excluding hydrogens is 346 g/mol. The second-order valence-corrected chi connectivity index (χ2v) is 7.33. The number of nitriles is 1. The molecule has 0 bridgehead atoms. The fraction of sp³-hybridized carbons (Fsp3) is 0. The number of primary sulfonamides is 1. The van der Waals surface area contributed by atoms with Crippen molar-refractivity contribution in [2.45, 2.75) is 4.90 Å². The highest BCUT2D eigenvalue weighted by molar-refractivity contribution is 7.89. The number of thiazole rings is 1.